The van der Waals surface area contributed by atoms with Crippen LogP contribution in [0.5, 0.6) is 5.75 Å². The maximum Gasteiger partial charge on any atom is 0.419 e. The smallest absolute Gasteiger partial charge is 0.419 e. The Bertz CT molecular complexity index is 756. The molecule has 1 aromatic heterocycles. The SMILES string of the molecule is COc1cc(C)c2c(ccn2C(=O)OC(C)(C)C)c1C(=O)Cl. The summed E-state index contributed by atoms with van der Waals surface area (Å²) in [6.45, 7) is 7.20. The lowest BCUT2D eigenvalue weighted by molar-refractivity contribution is 0.0544. The Morgan fingerprint density at radius 1 is 1.27 bits per heavy atom. The summed E-state index contributed by atoms with van der Waals surface area (Å²) in [4.78, 5) is 24.0. The van der Waals surface area contributed by atoms with Crippen LogP contribution in [-0.2, 0) is 4.74 Å². The minimum atomic E-state index is -0.635. The summed E-state index contributed by atoms with van der Waals surface area (Å²) in [5, 5.41) is -0.0773. The summed E-state index contributed by atoms with van der Waals surface area (Å²) in [5.41, 5.74) is 0.995. The minimum absolute atomic E-state index is 0.243. The lowest BCUT2D eigenvalue weighted by Crippen LogP contribution is -2.26. The van der Waals surface area contributed by atoms with Crippen LogP contribution in [0.2, 0.25) is 0 Å². The number of carbonyl (C=O) groups excluding carboxylic acids is 2. The van der Waals surface area contributed by atoms with Gasteiger partial charge in [0.15, 0.2) is 0 Å². The fourth-order valence-corrected chi connectivity index (χ4v) is 2.53. The van der Waals surface area contributed by atoms with Gasteiger partial charge in [0.05, 0.1) is 18.2 Å². The van der Waals surface area contributed by atoms with E-state index in [0.717, 1.165) is 5.56 Å². The molecule has 0 aliphatic carbocycles. The molecule has 1 aromatic carbocycles. The van der Waals surface area contributed by atoms with Crippen LogP contribution < -0.4 is 4.74 Å². The number of ether oxygens (including phenoxy) is 2. The van der Waals surface area contributed by atoms with Gasteiger partial charge in [-0.3, -0.25) is 9.36 Å². The number of aromatic nitrogens is 1. The third kappa shape index (κ3) is 2.95. The van der Waals surface area contributed by atoms with Gasteiger partial charge in [0.1, 0.15) is 11.4 Å². The highest BCUT2D eigenvalue weighted by molar-refractivity contribution is 6.69. The molecule has 0 N–H and O–H groups in total. The second kappa shape index (κ2) is 5.65. The lowest BCUT2D eigenvalue weighted by atomic mass is 10.1. The number of methoxy groups -OCH3 is 1. The Morgan fingerprint density at radius 2 is 1.91 bits per heavy atom. The van der Waals surface area contributed by atoms with Crippen molar-refractivity contribution in [1.82, 2.24) is 4.57 Å². The van der Waals surface area contributed by atoms with E-state index >= 15 is 0 Å². The van der Waals surface area contributed by atoms with E-state index in [2.05, 4.69) is 0 Å². The Hall–Kier alpha value is -2.01. The Balaban J connectivity index is 2.69. The fraction of sp³-hybridized carbons (Fsp3) is 0.375. The molecule has 0 radical (unpaired) electrons. The molecule has 6 heteroatoms. The topological polar surface area (TPSA) is 57.5 Å². The van der Waals surface area contributed by atoms with Crippen molar-refractivity contribution in [3.63, 3.8) is 0 Å². The van der Waals surface area contributed by atoms with E-state index in [1.165, 1.54) is 11.7 Å². The number of benzene rings is 1. The average molecular weight is 324 g/mol. The predicted octanol–water partition coefficient (Wildman–Crippen LogP) is 4.12. The van der Waals surface area contributed by atoms with Crippen molar-refractivity contribution >= 4 is 33.8 Å². The Kier molecular flexibility index (Phi) is 4.20. The fourth-order valence-electron chi connectivity index (χ4n) is 2.33. The molecule has 1 heterocycles. The number of carbonyl (C=O) groups is 2. The van der Waals surface area contributed by atoms with E-state index in [0.29, 0.717) is 16.7 Å². The third-order valence-corrected chi connectivity index (χ3v) is 3.32. The van der Waals surface area contributed by atoms with Crippen molar-refractivity contribution in [3.8, 4) is 5.75 Å². The number of nitrogens with zero attached hydrogens (tertiary/aromatic N) is 1. The predicted molar refractivity (Wildman–Crippen MR) is 85.0 cm³/mol. The average Bonchev–Trinajstić information content (AvgIpc) is 2.80. The van der Waals surface area contributed by atoms with E-state index in [-0.39, 0.29) is 5.56 Å². The van der Waals surface area contributed by atoms with Crippen LogP contribution in [0.4, 0.5) is 4.79 Å². The number of rotatable bonds is 2. The van der Waals surface area contributed by atoms with Gasteiger partial charge in [0.2, 0.25) is 0 Å². The molecule has 2 rings (SSSR count). The van der Waals surface area contributed by atoms with Crippen LogP contribution in [0, 0.1) is 6.92 Å². The van der Waals surface area contributed by atoms with Crippen LogP contribution in [-0.4, -0.2) is 28.6 Å². The molecule has 5 nitrogen and oxygen atoms in total. The number of hydrogen-bond acceptors (Lipinski definition) is 4. The third-order valence-electron chi connectivity index (χ3n) is 3.13. The Morgan fingerprint density at radius 3 is 2.41 bits per heavy atom. The van der Waals surface area contributed by atoms with Crippen molar-refractivity contribution in [2.45, 2.75) is 33.3 Å². The van der Waals surface area contributed by atoms with Crippen molar-refractivity contribution < 1.29 is 19.1 Å². The van der Waals surface area contributed by atoms with E-state index in [1.807, 2.05) is 6.92 Å². The van der Waals surface area contributed by atoms with Gasteiger partial charge in [-0.2, -0.15) is 0 Å². The Labute approximate surface area is 133 Å². The largest absolute Gasteiger partial charge is 0.496 e. The van der Waals surface area contributed by atoms with Crippen LogP contribution in [0.1, 0.15) is 36.7 Å². The first-order valence-electron chi connectivity index (χ1n) is 6.77. The number of hydrogen-bond donors (Lipinski definition) is 0. The highest BCUT2D eigenvalue weighted by Gasteiger charge is 2.23. The highest BCUT2D eigenvalue weighted by atomic mass is 35.5. The molecule has 0 unspecified atom stereocenters. The van der Waals surface area contributed by atoms with Crippen LogP contribution in [0.25, 0.3) is 10.9 Å². The van der Waals surface area contributed by atoms with Crippen molar-refractivity contribution in [3.05, 3.63) is 29.5 Å². The van der Waals surface area contributed by atoms with Gasteiger partial charge in [-0.25, -0.2) is 4.79 Å². The summed E-state index contributed by atoms with van der Waals surface area (Å²) in [7, 11) is 1.47. The first-order chi connectivity index (χ1) is 10.2. The minimum Gasteiger partial charge on any atom is -0.496 e. The molecule has 0 amide bonds. The summed E-state index contributed by atoms with van der Waals surface area (Å²) < 4.78 is 12.0. The van der Waals surface area contributed by atoms with Crippen LogP contribution in [0.3, 0.4) is 0 Å². The molecular formula is C16H18ClNO4. The van der Waals surface area contributed by atoms with Crippen molar-refractivity contribution in [1.29, 1.82) is 0 Å². The van der Waals surface area contributed by atoms with E-state index in [4.69, 9.17) is 21.1 Å². The van der Waals surface area contributed by atoms with Crippen LogP contribution in [0.15, 0.2) is 18.3 Å². The van der Waals surface area contributed by atoms with Crippen LogP contribution >= 0.6 is 11.6 Å². The van der Waals surface area contributed by atoms with Gasteiger partial charge in [-0.05, 0) is 57.0 Å². The molecule has 0 fully saturated rings. The number of aryl methyl sites for hydroxylation is 1. The molecule has 0 atom stereocenters. The number of fused-ring (bicyclic) bond motifs is 1. The molecule has 0 spiro atoms. The molecule has 0 aliphatic rings. The van der Waals surface area contributed by atoms with Crippen molar-refractivity contribution in [2.75, 3.05) is 7.11 Å². The first-order valence-corrected chi connectivity index (χ1v) is 7.15. The second-order valence-electron chi connectivity index (χ2n) is 5.97. The maximum absolute atomic E-state index is 12.3. The summed E-state index contributed by atoms with van der Waals surface area (Å²) in [6, 6.07) is 3.34. The molecule has 0 saturated carbocycles. The molecule has 22 heavy (non-hydrogen) atoms. The molecule has 0 bridgehead atoms. The zero-order chi connectivity index (χ0) is 16.7. The zero-order valence-corrected chi connectivity index (χ0v) is 13.9. The molecule has 118 valence electrons. The maximum atomic E-state index is 12.3. The van der Waals surface area contributed by atoms with Gasteiger partial charge >= 0.3 is 6.09 Å². The molecule has 0 aliphatic heterocycles. The molecular weight excluding hydrogens is 306 g/mol. The van der Waals surface area contributed by atoms with Gasteiger partial charge in [0.25, 0.3) is 5.24 Å². The van der Waals surface area contributed by atoms with E-state index in [1.54, 1.807) is 39.1 Å². The second-order valence-corrected chi connectivity index (χ2v) is 6.32. The van der Waals surface area contributed by atoms with Gasteiger partial charge in [0, 0.05) is 11.6 Å². The first kappa shape index (κ1) is 16.4. The normalized spacial score (nSPS) is 11.5. The van der Waals surface area contributed by atoms with Gasteiger partial charge in [-0.15, -0.1) is 0 Å². The number of halogens is 1. The van der Waals surface area contributed by atoms with E-state index in [9.17, 15) is 9.59 Å². The molecule has 0 saturated heterocycles. The van der Waals surface area contributed by atoms with Gasteiger partial charge < -0.3 is 9.47 Å². The van der Waals surface area contributed by atoms with Gasteiger partial charge in [-0.1, -0.05) is 0 Å². The zero-order valence-electron chi connectivity index (χ0n) is 13.2. The summed E-state index contributed by atoms with van der Waals surface area (Å²) in [5.74, 6) is 0.381. The summed E-state index contributed by atoms with van der Waals surface area (Å²) >= 11 is 5.67. The standard InChI is InChI=1S/C16H18ClNO4/c1-9-8-11(21-5)12(14(17)19)10-6-7-18(13(9)10)15(20)22-16(2,3)4/h6-8H,1-5H3. The van der Waals surface area contributed by atoms with Crippen molar-refractivity contribution in [2.24, 2.45) is 0 Å². The highest BCUT2D eigenvalue weighted by Crippen LogP contribution is 2.33. The molecule has 2 aromatic rings. The quantitative estimate of drug-likeness (QED) is 0.780. The monoisotopic (exact) mass is 323 g/mol. The van der Waals surface area contributed by atoms with E-state index < -0.39 is 16.9 Å². The summed E-state index contributed by atoms with van der Waals surface area (Å²) in [6.07, 6.45) is 1.05. The lowest BCUT2D eigenvalue weighted by Gasteiger charge is -2.20.